The standard InChI is InChI=1S/C10H6F5IO2/c11-9(12,8(17)18)4-5-1-6(10(13,14)15)3-7(16)2-5/h1-3H,4H2,(H,17,18). The molecule has 0 aliphatic rings. The quantitative estimate of drug-likeness (QED) is 0.643. The lowest BCUT2D eigenvalue weighted by atomic mass is 10.0. The first kappa shape index (κ1) is 15.1. The number of aliphatic carboxylic acids is 1. The summed E-state index contributed by atoms with van der Waals surface area (Å²) in [5.41, 5.74) is -1.45. The van der Waals surface area contributed by atoms with Crippen molar-refractivity contribution < 1.29 is 31.9 Å². The number of benzene rings is 1. The van der Waals surface area contributed by atoms with E-state index in [1.807, 2.05) is 0 Å². The third-order valence-electron chi connectivity index (χ3n) is 2.02. The number of hydrogen-bond acceptors (Lipinski definition) is 1. The number of hydrogen-bond donors (Lipinski definition) is 1. The maximum Gasteiger partial charge on any atom is 0.416 e. The van der Waals surface area contributed by atoms with Crippen LogP contribution in [0, 0.1) is 3.57 Å². The molecule has 0 saturated heterocycles. The van der Waals surface area contributed by atoms with Crippen LogP contribution in [-0.4, -0.2) is 17.0 Å². The summed E-state index contributed by atoms with van der Waals surface area (Å²) in [5, 5.41) is 8.23. The van der Waals surface area contributed by atoms with Gasteiger partial charge in [0.25, 0.3) is 0 Å². The maximum atomic E-state index is 12.9. The van der Waals surface area contributed by atoms with Gasteiger partial charge in [0.1, 0.15) is 0 Å². The van der Waals surface area contributed by atoms with E-state index in [1.165, 1.54) is 0 Å². The molecule has 0 saturated carbocycles. The van der Waals surface area contributed by atoms with Gasteiger partial charge in [-0.3, -0.25) is 0 Å². The summed E-state index contributed by atoms with van der Waals surface area (Å²) in [7, 11) is 0. The van der Waals surface area contributed by atoms with Crippen molar-refractivity contribution in [3.63, 3.8) is 0 Å². The van der Waals surface area contributed by atoms with Crippen molar-refractivity contribution in [2.45, 2.75) is 18.5 Å². The lowest BCUT2D eigenvalue weighted by molar-refractivity contribution is -0.164. The molecule has 0 atom stereocenters. The largest absolute Gasteiger partial charge is 0.477 e. The van der Waals surface area contributed by atoms with Crippen molar-refractivity contribution in [2.75, 3.05) is 0 Å². The molecule has 0 radical (unpaired) electrons. The summed E-state index contributed by atoms with van der Waals surface area (Å²) in [6.07, 6.45) is -5.93. The van der Waals surface area contributed by atoms with Crippen LogP contribution in [0.4, 0.5) is 22.0 Å². The maximum absolute atomic E-state index is 12.9. The fourth-order valence-electron chi connectivity index (χ4n) is 1.25. The van der Waals surface area contributed by atoms with Crippen LogP contribution in [0.15, 0.2) is 18.2 Å². The molecule has 18 heavy (non-hydrogen) atoms. The lowest BCUT2D eigenvalue weighted by Gasteiger charge is -2.13. The Labute approximate surface area is 112 Å². The Morgan fingerprint density at radius 3 is 2.17 bits per heavy atom. The predicted octanol–water partition coefficient (Wildman–Crippen LogP) is 3.57. The van der Waals surface area contributed by atoms with Gasteiger partial charge in [0.2, 0.25) is 0 Å². The van der Waals surface area contributed by atoms with Gasteiger partial charge < -0.3 is 5.11 Å². The first-order valence-electron chi connectivity index (χ1n) is 4.50. The van der Waals surface area contributed by atoms with E-state index in [2.05, 4.69) is 0 Å². The number of carbonyl (C=O) groups is 1. The third-order valence-corrected chi connectivity index (χ3v) is 2.65. The molecule has 1 rings (SSSR count). The molecule has 1 N–H and O–H groups in total. The van der Waals surface area contributed by atoms with E-state index in [4.69, 9.17) is 5.11 Å². The van der Waals surface area contributed by atoms with Crippen molar-refractivity contribution in [2.24, 2.45) is 0 Å². The fraction of sp³-hybridized carbons (Fsp3) is 0.300. The van der Waals surface area contributed by atoms with Gasteiger partial charge in [-0.2, -0.15) is 22.0 Å². The third kappa shape index (κ3) is 3.79. The Kier molecular flexibility index (Phi) is 4.19. The van der Waals surface area contributed by atoms with Gasteiger partial charge >= 0.3 is 18.1 Å². The van der Waals surface area contributed by atoms with Crippen LogP contribution >= 0.6 is 22.6 Å². The highest BCUT2D eigenvalue weighted by molar-refractivity contribution is 14.1. The van der Waals surface area contributed by atoms with Gasteiger partial charge in [-0.05, 0) is 46.4 Å². The van der Waals surface area contributed by atoms with Crippen LogP contribution in [0.1, 0.15) is 11.1 Å². The van der Waals surface area contributed by atoms with Crippen LogP contribution in [0.5, 0.6) is 0 Å². The van der Waals surface area contributed by atoms with E-state index in [0.717, 1.165) is 12.1 Å². The molecule has 0 unspecified atom stereocenters. The molecule has 0 aliphatic heterocycles. The Hall–Kier alpha value is -0.930. The van der Waals surface area contributed by atoms with E-state index in [0.29, 0.717) is 6.07 Å². The number of halogens is 6. The van der Waals surface area contributed by atoms with Crippen LogP contribution in [-0.2, 0) is 17.4 Å². The smallest absolute Gasteiger partial charge is 0.416 e. The van der Waals surface area contributed by atoms with Crippen molar-refractivity contribution in [3.05, 3.63) is 32.9 Å². The molecule has 0 spiro atoms. The highest BCUT2D eigenvalue weighted by Crippen LogP contribution is 2.32. The van der Waals surface area contributed by atoms with Crippen molar-refractivity contribution in [1.29, 1.82) is 0 Å². The molecular formula is C10H6F5IO2. The molecule has 0 aromatic heterocycles. The summed E-state index contributed by atoms with van der Waals surface area (Å²) >= 11 is 1.55. The summed E-state index contributed by atoms with van der Waals surface area (Å²) in [4.78, 5) is 10.2. The second kappa shape index (κ2) is 4.98. The van der Waals surface area contributed by atoms with Crippen LogP contribution in [0.2, 0.25) is 0 Å². The first-order valence-corrected chi connectivity index (χ1v) is 5.58. The average Bonchev–Trinajstić information content (AvgIpc) is 2.13. The minimum atomic E-state index is -4.66. The number of alkyl halides is 5. The minimum Gasteiger partial charge on any atom is -0.477 e. The average molecular weight is 380 g/mol. The SMILES string of the molecule is O=C(O)C(F)(F)Cc1cc(I)cc(C(F)(F)F)c1. The number of rotatable bonds is 3. The van der Waals surface area contributed by atoms with Gasteiger partial charge in [-0.25, -0.2) is 4.79 Å². The summed E-state index contributed by atoms with van der Waals surface area (Å²) in [6, 6.07) is 2.41. The second-order valence-electron chi connectivity index (χ2n) is 3.53. The highest BCUT2D eigenvalue weighted by atomic mass is 127. The van der Waals surface area contributed by atoms with Gasteiger partial charge in [0, 0.05) is 9.99 Å². The topological polar surface area (TPSA) is 37.3 Å². The van der Waals surface area contributed by atoms with Gasteiger partial charge in [0.15, 0.2) is 0 Å². The number of carboxylic acids is 1. The van der Waals surface area contributed by atoms with Gasteiger partial charge in [0.05, 0.1) is 5.56 Å². The summed E-state index contributed by atoms with van der Waals surface area (Å²) in [6.45, 7) is 0. The van der Waals surface area contributed by atoms with E-state index in [1.54, 1.807) is 22.6 Å². The number of carboxylic acid groups (broad SMARTS) is 1. The predicted molar refractivity (Wildman–Crippen MR) is 60.4 cm³/mol. The van der Waals surface area contributed by atoms with Crippen molar-refractivity contribution >= 4 is 28.6 Å². The summed E-state index contributed by atoms with van der Waals surface area (Å²) in [5.74, 6) is -6.46. The zero-order valence-corrected chi connectivity index (χ0v) is 10.7. The van der Waals surface area contributed by atoms with Crippen LogP contribution in [0.25, 0.3) is 0 Å². The zero-order chi connectivity index (χ0) is 14.1. The van der Waals surface area contributed by atoms with E-state index >= 15 is 0 Å². The molecule has 100 valence electrons. The summed E-state index contributed by atoms with van der Waals surface area (Å²) < 4.78 is 63.2. The molecule has 0 heterocycles. The molecule has 1 aromatic carbocycles. The molecule has 2 nitrogen and oxygen atoms in total. The van der Waals surface area contributed by atoms with Crippen LogP contribution in [0.3, 0.4) is 0 Å². The Morgan fingerprint density at radius 1 is 1.17 bits per heavy atom. The first-order chi connectivity index (χ1) is 8.02. The van der Waals surface area contributed by atoms with E-state index < -0.39 is 30.1 Å². The fourth-order valence-corrected chi connectivity index (χ4v) is 1.98. The second-order valence-corrected chi connectivity index (χ2v) is 4.78. The van der Waals surface area contributed by atoms with E-state index in [-0.39, 0.29) is 9.13 Å². The monoisotopic (exact) mass is 380 g/mol. The minimum absolute atomic E-state index is 0.110. The molecule has 0 aliphatic carbocycles. The molecule has 0 bridgehead atoms. The van der Waals surface area contributed by atoms with Crippen molar-refractivity contribution in [3.8, 4) is 0 Å². The van der Waals surface area contributed by atoms with E-state index in [9.17, 15) is 26.7 Å². The van der Waals surface area contributed by atoms with Crippen LogP contribution < -0.4 is 0 Å². The molecule has 8 heteroatoms. The Bertz CT molecular complexity index is 470. The Morgan fingerprint density at radius 2 is 1.72 bits per heavy atom. The normalized spacial score (nSPS) is 12.6. The zero-order valence-electron chi connectivity index (χ0n) is 8.56. The molecule has 0 amide bonds. The molecule has 1 aromatic rings. The van der Waals surface area contributed by atoms with Gasteiger partial charge in [-0.1, -0.05) is 0 Å². The molecular weight excluding hydrogens is 374 g/mol. The lowest BCUT2D eigenvalue weighted by Crippen LogP contribution is -2.30. The van der Waals surface area contributed by atoms with Crippen molar-refractivity contribution in [1.82, 2.24) is 0 Å². The van der Waals surface area contributed by atoms with Gasteiger partial charge in [-0.15, -0.1) is 0 Å². The Balaban J connectivity index is 3.12. The highest BCUT2D eigenvalue weighted by Gasteiger charge is 2.39. The molecule has 0 fully saturated rings.